The highest BCUT2D eigenvalue weighted by Gasteiger charge is 2.23. The van der Waals surface area contributed by atoms with Gasteiger partial charge < -0.3 is 4.74 Å². The van der Waals surface area contributed by atoms with E-state index in [1.807, 2.05) is 0 Å². The Labute approximate surface area is 117 Å². The molecular formula is C15H18O3S. The Balaban J connectivity index is 1.95. The number of ether oxygens (including phenoxy) is 1. The monoisotopic (exact) mass is 278 g/mol. The fourth-order valence-corrected chi connectivity index (χ4v) is 3.34. The van der Waals surface area contributed by atoms with Crippen LogP contribution in [0, 0.1) is 0 Å². The van der Waals surface area contributed by atoms with E-state index in [4.69, 9.17) is 4.74 Å². The second-order valence-electron chi connectivity index (χ2n) is 4.72. The van der Waals surface area contributed by atoms with E-state index < -0.39 is 5.78 Å². The van der Waals surface area contributed by atoms with Crippen molar-refractivity contribution in [3.63, 3.8) is 0 Å². The molecule has 0 aromatic heterocycles. The van der Waals surface area contributed by atoms with Gasteiger partial charge in [-0.25, -0.2) is 0 Å². The molecule has 0 saturated heterocycles. The van der Waals surface area contributed by atoms with Crippen molar-refractivity contribution in [1.29, 1.82) is 0 Å². The molecule has 0 radical (unpaired) electrons. The lowest BCUT2D eigenvalue weighted by Gasteiger charge is -2.19. The predicted octanol–water partition coefficient (Wildman–Crippen LogP) is 3.47. The number of ketones is 1. The van der Waals surface area contributed by atoms with Gasteiger partial charge in [0, 0.05) is 10.8 Å². The van der Waals surface area contributed by atoms with Gasteiger partial charge in [-0.3, -0.25) is 9.59 Å². The Morgan fingerprint density at radius 2 is 1.74 bits per heavy atom. The second kappa shape index (κ2) is 6.75. The molecule has 1 aromatic rings. The number of carbonyl (C=O) groups excluding carboxylic acids is 2. The molecule has 0 atom stereocenters. The SMILES string of the molecule is COc1ccc(C(=O)C(=O)SC2CCCCC2)cc1. The molecule has 1 aliphatic carbocycles. The third kappa shape index (κ3) is 3.83. The fourth-order valence-electron chi connectivity index (χ4n) is 2.25. The molecule has 19 heavy (non-hydrogen) atoms. The standard InChI is InChI=1S/C15H18O3S/c1-18-12-9-7-11(8-10-12)14(16)15(17)19-13-5-3-2-4-6-13/h7-10,13H,2-6H2,1H3. The van der Waals surface area contributed by atoms with Gasteiger partial charge in [0.05, 0.1) is 7.11 Å². The highest BCUT2D eigenvalue weighted by Crippen LogP contribution is 2.29. The van der Waals surface area contributed by atoms with Crippen LogP contribution in [0.3, 0.4) is 0 Å². The van der Waals surface area contributed by atoms with E-state index in [0.717, 1.165) is 12.8 Å². The van der Waals surface area contributed by atoms with E-state index in [1.54, 1.807) is 31.4 Å². The van der Waals surface area contributed by atoms with Gasteiger partial charge in [-0.1, -0.05) is 31.0 Å². The molecule has 0 spiro atoms. The van der Waals surface area contributed by atoms with Crippen molar-refractivity contribution in [2.24, 2.45) is 0 Å². The van der Waals surface area contributed by atoms with Crippen LogP contribution >= 0.6 is 11.8 Å². The predicted molar refractivity (Wildman–Crippen MR) is 76.8 cm³/mol. The maximum Gasteiger partial charge on any atom is 0.260 e. The minimum Gasteiger partial charge on any atom is -0.497 e. The van der Waals surface area contributed by atoms with E-state index in [1.165, 1.54) is 31.0 Å². The number of hydrogen-bond acceptors (Lipinski definition) is 4. The fraction of sp³-hybridized carbons (Fsp3) is 0.467. The van der Waals surface area contributed by atoms with E-state index >= 15 is 0 Å². The van der Waals surface area contributed by atoms with Crippen LogP contribution in [-0.4, -0.2) is 23.3 Å². The van der Waals surface area contributed by atoms with Crippen LogP contribution in [0.2, 0.25) is 0 Å². The normalized spacial score (nSPS) is 16.1. The topological polar surface area (TPSA) is 43.4 Å². The van der Waals surface area contributed by atoms with E-state index in [9.17, 15) is 9.59 Å². The third-order valence-corrected chi connectivity index (χ3v) is 4.57. The summed E-state index contributed by atoms with van der Waals surface area (Å²) in [6.45, 7) is 0. The van der Waals surface area contributed by atoms with Gasteiger partial charge in [0.1, 0.15) is 5.75 Å². The van der Waals surface area contributed by atoms with Gasteiger partial charge in [-0.05, 0) is 37.1 Å². The van der Waals surface area contributed by atoms with Crippen LogP contribution in [0.25, 0.3) is 0 Å². The highest BCUT2D eigenvalue weighted by atomic mass is 32.2. The van der Waals surface area contributed by atoms with Gasteiger partial charge in [-0.2, -0.15) is 0 Å². The number of carbonyl (C=O) groups is 2. The summed E-state index contributed by atoms with van der Waals surface area (Å²) in [6.07, 6.45) is 5.68. The first-order chi connectivity index (χ1) is 9.20. The molecule has 1 aromatic carbocycles. The lowest BCUT2D eigenvalue weighted by molar-refractivity contribution is -0.107. The van der Waals surface area contributed by atoms with Crippen molar-refractivity contribution in [1.82, 2.24) is 0 Å². The van der Waals surface area contributed by atoms with Crippen LogP contribution in [0.1, 0.15) is 42.5 Å². The molecule has 1 fully saturated rings. The molecule has 102 valence electrons. The maximum absolute atomic E-state index is 12.0. The number of hydrogen-bond donors (Lipinski definition) is 0. The maximum atomic E-state index is 12.0. The summed E-state index contributed by atoms with van der Waals surface area (Å²) in [4.78, 5) is 24.0. The lowest BCUT2D eigenvalue weighted by Crippen LogP contribution is -2.17. The molecule has 0 amide bonds. The Morgan fingerprint density at radius 3 is 2.32 bits per heavy atom. The van der Waals surface area contributed by atoms with Crippen LogP contribution in [-0.2, 0) is 4.79 Å². The van der Waals surface area contributed by atoms with Crippen molar-refractivity contribution in [2.45, 2.75) is 37.4 Å². The summed E-state index contributed by atoms with van der Waals surface area (Å²) in [5.74, 6) is 0.280. The van der Waals surface area contributed by atoms with Crippen molar-refractivity contribution < 1.29 is 14.3 Å². The molecule has 0 unspecified atom stereocenters. The number of Topliss-reactive ketones (excluding diaryl/α,β-unsaturated/α-hetero) is 1. The molecular weight excluding hydrogens is 260 g/mol. The van der Waals surface area contributed by atoms with Gasteiger partial charge in [-0.15, -0.1) is 0 Å². The zero-order valence-electron chi connectivity index (χ0n) is 11.1. The van der Waals surface area contributed by atoms with Crippen molar-refractivity contribution in [3.05, 3.63) is 29.8 Å². The molecule has 4 heteroatoms. The van der Waals surface area contributed by atoms with Gasteiger partial charge in [0.15, 0.2) is 0 Å². The molecule has 0 N–H and O–H groups in total. The first kappa shape index (κ1) is 14.1. The molecule has 0 heterocycles. The Kier molecular flexibility index (Phi) is 5.02. The average molecular weight is 278 g/mol. The summed E-state index contributed by atoms with van der Waals surface area (Å²) in [7, 11) is 1.57. The van der Waals surface area contributed by atoms with Crippen LogP contribution in [0.4, 0.5) is 0 Å². The summed E-state index contributed by atoms with van der Waals surface area (Å²) in [6, 6.07) is 6.68. The van der Waals surface area contributed by atoms with E-state index in [-0.39, 0.29) is 5.12 Å². The quantitative estimate of drug-likeness (QED) is 0.625. The number of thioether (sulfide) groups is 1. The van der Waals surface area contributed by atoms with Crippen molar-refractivity contribution in [3.8, 4) is 5.75 Å². The minimum absolute atomic E-state index is 0.323. The molecule has 0 bridgehead atoms. The Bertz CT molecular complexity index is 447. The lowest BCUT2D eigenvalue weighted by atomic mass is 10.0. The van der Waals surface area contributed by atoms with Crippen molar-refractivity contribution >= 4 is 22.7 Å². The highest BCUT2D eigenvalue weighted by molar-refractivity contribution is 8.16. The van der Waals surface area contributed by atoms with Crippen molar-refractivity contribution in [2.75, 3.05) is 7.11 Å². The molecule has 1 saturated carbocycles. The van der Waals surface area contributed by atoms with Gasteiger partial charge in [0.25, 0.3) is 5.12 Å². The molecule has 0 aliphatic heterocycles. The van der Waals surface area contributed by atoms with E-state index in [0.29, 0.717) is 16.6 Å². The minimum atomic E-state index is -0.404. The largest absolute Gasteiger partial charge is 0.497 e. The summed E-state index contributed by atoms with van der Waals surface area (Å²) < 4.78 is 5.03. The Hall–Kier alpha value is -1.29. The first-order valence-electron chi connectivity index (χ1n) is 6.60. The number of benzene rings is 1. The zero-order chi connectivity index (χ0) is 13.7. The number of rotatable bonds is 4. The molecule has 3 nitrogen and oxygen atoms in total. The average Bonchev–Trinajstić information content (AvgIpc) is 2.47. The summed E-state index contributed by atoms with van der Waals surface area (Å²) >= 11 is 1.21. The molecule has 2 rings (SSSR count). The zero-order valence-corrected chi connectivity index (χ0v) is 11.9. The van der Waals surface area contributed by atoms with Crippen LogP contribution in [0.5, 0.6) is 5.75 Å². The first-order valence-corrected chi connectivity index (χ1v) is 7.48. The van der Waals surface area contributed by atoms with Gasteiger partial charge >= 0.3 is 0 Å². The van der Waals surface area contributed by atoms with Crippen LogP contribution in [0.15, 0.2) is 24.3 Å². The second-order valence-corrected chi connectivity index (χ2v) is 6.00. The van der Waals surface area contributed by atoms with Gasteiger partial charge in [0.2, 0.25) is 5.78 Å². The summed E-state index contributed by atoms with van der Waals surface area (Å²) in [5, 5.41) is -0.0134. The smallest absolute Gasteiger partial charge is 0.260 e. The molecule has 1 aliphatic rings. The number of methoxy groups -OCH3 is 1. The Morgan fingerprint density at radius 1 is 1.11 bits per heavy atom. The van der Waals surface area contributed by atoms with Crippen LogP contribution < -0.4 is 4.74 Å². The third-order valence-electron chi connectivity index (χ3n) is 3.36. The van der Waals surface area contributed by atoms with E-state index in [2.05, 4.69) is 0 Å². The summed E-state index contributed by atoms with van der Waals surface area (Å²) in [5.41, 5.74) is 0.439.